The molecule has 1 aliphatic carbocycles. The second kappa shape index (κ2) is 6.34. The van der Waals surface area contributed by atoms with Crippen LogP contribution in [-0.4, -0.2) is 13.1 Å². The Bertz CT molecular complexity index is 857. The number of halogens is 1. The first-order chi connectivity index (χ1) is 12.1. The zero-order chi connectivity index (χ0) is 17.6. The molecule has 0 unspecified atom stereocenters. The fraction of sp³-hybridized carbons (Fsp3) is 0.286. The molecule has 0 amide bonds. The van der Waals surface area contributed by atoms with E-state index in [4.69, 9.17) is 4.74 Å². The number of hydrogen-bond acceptors (Lipinski definition) is 3. The van der Waals surface area contributed by atoms with Crippen molar-refractivity contribution >= 4 is 27.6 Å². The molecule has 128 valence electrons. The molecule has 0 fully saturated rings. The highest BCUT2D eigenvalue weighted by Gasteiger charge is 2.40. The molecule has 3 atom stereocenters. The maximum atomic E-state index is 12.3. The van der Waals surface area contributed by atoms with Crippen LogP contribution in [0.15, 0.2) is 53.0 Å². The normalized spacial score (nSPS) is 23.6. The Morgan fingerprint density at radius 2 is 1.96 bits per heavy atom. The summed E-state index contributed by atoms with van der Waals surface area (Å²) >= 11 is 3.51. The first-order valence-electron chi connectivity index (χ1n) is 8.50. The number of anilines is 1. The summed E-state index contributed by atoms with van der Waals surface area (Å²) in [6.07, 6.45) is 5.50. The van der Waals surface area contributed by atoms with E-state index in [1.807, 2.05) is 12.1 Å². The topological polar surface area (TPSA) is 38.3 Å². The number of methoxy groups -OCH3 is 1. The van der Waals surface area contributed by atoms with E-state index < -0.39 is 0 Å². The van der Waals surface area contributed by atoms with Gasteiger partial charge in [-0.15, -0.1) is 0 Å². The van der Waals surface area contributed by atoms with E-state index in [2.05, 4.69) is 64.6 Å². The van der Waals surface area contributed by atoms with Crippen molar-refractivity contribution < 1.29 is 9.53 Å². The molecule has 1 heterocycles. The Morgan fingerprint density at radius 1 is 1.20 bits per heavy atom. The molecule has 0 spiro atoms. The highest BCUT2D eigenvalue weighted by atomic mass is 79.9. The Hall–Kier alpha value is -2.07. The summed E-state index contributed by atoms with van der Waals surface area (Å²) < 4.78 is 6.10. The summed E-state index contributed by atoms with van der Waals surface area (Å²) in [7, 11) is 1.44. The van der Waals surface area contributed by atoms with Gasteiger partial charge in [-0.2, -0.15) is 0 Å². The SMILES string of the molecule is COC(=O)c1ccc(C)c2c1[C@H]1C=CC[C@H]1[C@@H](c1ccc(Br)cc1)N2. The molecule has 4 rings (SSSR count). The largest absolute Gasteiger partial charge is 0.465 e. The highest BCUT2D eigenvalue weighted by molar-refractivity contribution is 9.10. The number of esters is 1. The second-order valence-corrected chi connectivity index (χ2v) is 7.65. The maximum Gasteiger partial charge on any atom is 0.338 e. The lowest BCUT2D eigenvalue weighted by molar-refractivity contribution is 0.0598. The Labute approximate surface area is 156 Å². The van der Waals surface area contributed by atoms with Crippen molar-refractivity contribution in [3.63, 3.8) is 0 Å². The predicted molar refractivity (Wildman–Crippen MR) is 103 cm³/mol. The van der Waals surface area contributed by atoms with Gasteiger partial charge in [-0.05, 0) is 54.2 Å². The number of ether oxygens (including phenoxy) is 1. The van der Waals surface area contributed by atoms with Crippen molar-refractivity contribution in [1.29, 1.82) is 0 Å². The lowest BCUT2D eigenvalue weighted by Gasteiger charge is -2.39. The molecule has 0 radical (unpaired) electrons. The standard InChI is InChI=1S/C21H20BrNO2/c1-12-6-11-17(21(24)25-2)18-15-4-3-5-16(15)20(23-19(12)18)13-7-9-14(22)10-8-13/h3-4,6-11,15-16,20,23H,5H2,1-2H3/t15-,16+,20+/m0/s1. The van der Waals surface area contributed by atoms with Gasteiger partial charge in [-0.25, -0.2) is 4.79 Å². The van der Waals surface area contributed by atoms with Crippen LogP contribution in [0, 0.1) is 12.8 Å². The number of carbonyl (C=O) groups is 1. The second-order valence-electron chi connectivity index (χ2n) is 6.74. The van der Waals surface area contributed by atoms with Crippen LogP contribution in [0.2, 0.25) is 0 Å². The molecule has 0 aromatic heterocycles. The summed E-state index contributed by atoms with van der Waals surface area (Å²) in [5, 5.41) is 3.73. The van der Waals surface area contributed by atoms with Crippen LogP contribution in [0.1, 0.15) is 45.4 Å². The van der Waals surface area contributed by atoms with Crippen LogP contribution in [0.5, 0.6) is 0 Å². The summed E-state index contributed by atoms with van der Waals surface area (Å²) in [4.78, 5) is 12.3. The number of fused-ring (bicyclic) bond motifs is 3. The first-order valence-corrected chi connectivity index (χ1v) is 9.30. The average Bonchev–Trinajstić information content (AvgIpc) is 3.11. The minimum Gasteiger partial charge on any atom is -0.465 e. The molecule has 0 saturated heterocycles. The van der Waals surface area contributed by atoms with Crippen LogP contribution in [-0.2, 0) is 4.74 Å². The average molecular weight is 398 g/mol. The Kier molecular flexibility index (Phi) is 4.16. The van der Waals surface area contributed by atoms with Crippen LogP contribution in [0.4, 0.5) is 5.69 Å². The summed E-state index contributed by atoms with van der Waals surface area (Å²) in [6.45, 7) is 2.09. The minimum atomic E-state index is -0.265. The molecule has 0 saturated carbocycles. The van der Waals surface area contributed by atoms with Crippen LogP contribution in [0.25, 0.3) is 0 Å². The third kappa shape index (κ3) is 2.69. The van der Waals surface area contributed by atoms with E-state index in [1.54, 1.807) is 0 Å². The van der Waals surface area contributed by atoms with Gasteiger partial charge in [0.2, 0.25) is 0 Å². The van der Waals surface area contributed by atoms with Crippen molar-refractivity contribution in [2.24, 2.45) is 5.92 Å². The first kappa shape index (κ1) is 16.4. The number of benzene rings is 2. The van der Waals surface area contributed by atoms with E-state index >= 15 is 0 Å². The summed E-state index contributed by atoms with van der Waals surface area (Å²) in [5.41, 5.74) is 5.26. The van der Waals surface area contributed by atoms with Gasteiger partial charge in [-0.3, -0.25) is 0 Å². The number of aryl methyl sites for hydroxylation is 1. The molecule has 2 aliphatic rings. The summed E-state index contributed by atoms with van der Waals surface area (Å²) in [5.74, 6) is 0.372. The quantitative estimate of drug-likeness (QED) is 0.546. The van der Waals surface area contributed by atoms with Gasteiger partial charge >= 0.3 is 5.97 Å². The zero-order valence-electron chi connectivity index (χ0n) is 14.3. The fourth-order valence-corrected chi connectivity index (χ4v) is 4.41. The minimum absolute atomic E-state index is 0.229. The molecular weight excluding hydrogens is 378 g/mol. The third-order valence-corrected chi connectivity index (χ3v) is 5.89. The number of allylic oxidation sites excluding steroid dienone is 2. The zero-order valence-corrected chi connectivity index (χ0v) is 15.8. The number of hydrogen-bond donors (Lipinski definition) is 1. The number of nitrogens with one attached hydrogen (secondary N) is 1. The highest BCUT2D eigenvalue weighted by Crippen LogP contribution is 2.51. The lowest BCUT2D eigenvalue weighted by Crippen LogP contribution is -2.31. The van der Waals surface area contributed by atoms with Gasteiger partial charge in [0.05, 0.1) is 18.7 Å². The van der Waals surface area contributed by atoms with Crippen molar-refractivity contribution in [3.8, 4) is 0 Å². The van der Waals surface area contributed by atoms with E-state index in [9.17, 15) is 4.79 Å². The van der Waals surface area contributed by atoms with E-state index in [-0.39, 0.29) is 17.9 Å². The van der Waals surface area contributed by atoms with Gasteiger partial charge in [0.1, 0.15) is 0 Å². The van der Waals surface area contributed by atoms with E-state index in [0.717, 1.165) is 27.7 Å². The number of carbonyl (C=O) groups excluding carboxylic acids is 1. The molecule has 3 nitrogen and oxygen atoms in total. The van der Waals surface area contributed by atoms with Gasteiger partial charge in [0.25, 0.3) is 0 Å². The fourth-order valence-electron chi connectivity index (χ4n) is 4.14. The van der Waals surface area contributed by atoms with Crippen molar-refractivity contribution in [3.05, 3.63) is 75.3 Å². The van der Waals surface area contributed by atoms with Crippen LogP contribution >= 0.6 is 15.9 Å². The maximum absolute atomic E-state index is 12.3. The molecule has 1 N–H and O–H groups in total. The monoisotopic (exact) mass is 397 g/mol. The molecule has 2 aromatic carbocycles. The van der Waals surface area contributed by atoms with E-state index in [1.165, 1.54) is 12.7 Å². The van der Waals surface area contributed by atoms with Crippen molar-refractivity contribution in [2.75, 3.05) is 12.4 Å². The lowest BCUT2D eigenvalue weighted by atomic mass is 9.75. The molecule has 4 heteroatoms. The Balaban J connectivity index is 1.85. The third-order valence-electron chi connectivity index (χ3n) is 5.36. The van der Waals surface area contributed by atoms with Crippen molar-refractivity contribution in [2.45, 2.75) is 25.3 Å². The van der Waals surface area contributed by atoms with Gasteiger partial charge in [0, 0.05) is 16.1 Å². The van der Waals surface area contributed by atoms with Crippen molar-refractivity contribution in [1.82, 2.24) is 0 Å². The van der Waals surface area contributed by atoms with Gasteiger partial charge in [-0.1, -0.05) is 46.3 Å². The Morgan fingerprint density at radius 3 is 2.68 bits per heavy atom. The van der Waals surface area contributed by atoms with Crippen LogP contribution in [0.3, 0.4) is 0 Å². The van der Waals surface area contributed by atoms with Gasteiger partial charge in [0.15, 0.2) is 0 Å². The molecule has 0 bridgehead atoms. The smallest absolute Gasteiger partial charge is 0.338 e. The number of rotatable bonds is 2. The van der Waals surface area contributed by atoms with Gasteiger partial charge < -0.3 is 10.1 Å². The predicted octanol–water partition coefficient (Wildman–Crippen LogP) is 5.37. The molecular formula is C21H20BrNO2. The van der Waals surface area contributed by atoms with E-state index in [0.29, 0.717) is 11.5 Å². The van der Waals surface area contributed by atoms with Crippen LogP contribution < -0.4 is 5.32 Å². The molecule has 2 aromatic rings. The molecule has 1 aliphatic heterocycles. The summed E-state index contributed by atoms with van der Waals surface area (Å²) in [6, 6.07) is 12.6. The molecule has 25 heavy (non-hydrogen) atoms.